The fraction of sp³-hybridized carbons (Fsp3) is 0.0526. The molecule has 0 aliphatic carbocycles. The smallest absolute Gasteiger partial charge is 0.260 e. The Morgan fingerprint density at radius 2 is 2.15 bits per heavy atom. The molecule has 0 aliphatic rings. The monoisotopic (exact) mass is 400 g/mol. The number of thiophene rings is 2. The fourth-order valence-electron chi connectivity index (χ4n) is 2.65. The van der Waals surface area contributed by atoms with Gasteiger partial charge >= 0.3 is 0 Å². The lowest BCUT2D eigenvalue weighted by Gasteiger charge is -2.05. The van der Waals surface area contributed by atoms with Gasteiger partial charge in [0.15, 0.2) is 0 Å². The number of nitrogens with zero attached hydrogens (tertiary/aromatic N) is 1. The molecular formula is C19H13FN2OS3. The van der Waals surface area contributed by atoms with Gasteiger partial charge in [-0.25, -0.2) is 9.37 Å². The number of nitrogens with one attached hydrogen (secondary N) is 1. The molecule has 0 fully saturated rings. The highest BCUT2D eigenvalue weighted by molar-refractivity contribution is 8.07. The summed E-state index contributed by atoms with van der Waals surface area (Å²) >= 11 is 4.51. The van der Waals surface area contributed by atoms with Crippen molar-refractivity contribution in [2.45, 2.75) is 0 Å². The van der Waals surface area contributed by atoms with Gasteiger partial charge in [0.2, 0.25) is 0 Å². The highest BCUT2D eigenvalue weighted by Crippen LogP contribution is 2.34. The standard InChI is InChI=1S/C19H13FN2OS3/c1-24-15(9-11-4-2-5-12(20)8-11)17-21-18(23)16-13(10-26-19(16)22-17)14-6-3-7-25-14/h2-10H,1H3,(H,21,22,23)/b15-9-. The first-order valence-electron chi connectivity index (χ1n) is 7.73. The number of aromatic amines is 1. The van der Waals surface area contributed by atoms with Crippen molar-refractivity contribution in [1.82, 2.24) is 9.97 Å². The van der Waals surface area contributed by atoms with E-state index in [0.717, 1.165) is 20.9 Å². The van der Waals surface area contributed by atoms with E-state index in [-0.39, 0.29) is 11.4 Å². The normalized spacial score (nSPS) is 12.0. The maximum absolute atomic E-state index is 13.4. The van der Waals surface area contributed by atoms with E-state index in [1.165, 1.54) is 35.2 Å². The number of fused-ring (bicyclic) bond motifs is 1. The van der Waals surface area contributed by atoms with Crippen LogP contribution in [0, 0.1) is 5.82 Å². The maximum atomic E-state index is 13.4. The summed E-state index contributed by atoms with van der Waals surface area (Å²) in [4.78, 5) is 22.8. The summed E-state index contributed by atoms with van der Waals surface area (Å²) in [5, 5.41) is 4.58. The minimum absolute atomic E-state index is 0.158. The molecule has 4 aromatic rings. The number of benzene rings is 1. The lowest BCUT2D eigenvalue weighted by Crippen LogP contribution is -2.10. The van der Waals surface area contributed by atoms with E-state index < -0.39 is 0 Å². The average molecular weight is 401 g/mol. The highest BCUT2D eigenvalue weighted by atomic mass is 32.2. The van der Waals surface area contributed by atoms with E-state index in [4.69, 9.17) is 0 Å². The van der Waals surface area contributed by atoms with Crippen LogP contribution in [0.15, 0.2) is 52.0 Å². The molecule has 0 unspecified atom stereocenters. The Bertz CT molecular complexity index is 1160. The average Bonchev–Trinajstić information content (AvgIpc) is 3.29. The van der Waals surface area contributed by atoms with Crippen molar-refractivity contribution in [3.63, 3.8) is 0 Å². The minimum atomic E-state index is -0.296. The van der Waals surface area contributed by atoms with Crippen LogP contribution in [0.4, 0.5) is 4.39 Å². The van der Waals surface area contributed by atoms with Crippen LogP contribution in [0.5, 0.6) is 0 Å². The molecule has 3 nitrogen and oxygen atoms in total. The summed E-state index contributed by atoms with van der Waals surface area (Å²) in [6.45, 7) is 0. The van der Waals surface area contributed by atoms with Crippen LogP contribution in [0.1, 0.15) is 11.4 Å². The number of thioether (sulfide) groups is 1. The van der Waals surface area contributed by atoms with E-state index >= 15 is 0 Å². The molecule has 3 heterocycles. The Morgan fingerprint density at radius 1 is 1.27 bits per heavy atom. The molecule has 0 saturated carbocycles. The van der Waals surface area contributed by atoms with E-state index in [1.807, 2.05) is 41.3 Å². The van der Waals surface area contributed by atoms with Crippen LogP contribution in [0.3, 0.4) is 0 Å². The Balaban J connectivity index is 1.83. The van der Waals surface area contributed by atoms with Gasteiger partial charge in [-0.2, -0.15) is 0 Å². The molecule has 4 rings (SSSR count). The molecule has 130 valence electrons. The molecule has 1 aromatic carbocycles. The number of hydrogen-bond acceptors (Lipinski definition) is 5. The van der Waals surface area contributed by atoms with Crippen LogP contribution in [-0.2, 0) is 0 Å². The summed E-state index contributed by atoms with van der Waals surface area (Å²) in [6.07, 6.45) is 3.73. The van der Waals surface area contributed by atoms with E-state index in [1.54, 1.807) is 17.4 Å². The second-order valence-electron chi connectivity index (χ2n) is 5.49. The number of aromatic nitrogens is 2. The third kappa shape index (κ3) is 3.25. The maximum Gasteiger partial charge on any atom is 0.260 e. The lowest BCUT2D eigenvalue weighted by molar-refractivity contribution is 0.627. The van der Waals surface area contributed by atoms with Crippen molar-refractivity contribution >= 4 is 55.6 Å². The van der Waals surface area contributed by atoms with Gasteiger partial charge in [-0.05, 0) is 41.5 Å². The van der Waals surface area contributed by atoms with Crippen LogP contribution in [-0.4, -0.2) is 16.2 Å². The van der Waals surface area contributed by atoms with Gasteiger partial charge in [-0.3, -0.25) is 4.79 Å². The first-order chi connectivity index (χ1) is 12.7. The van der Waals surface area contributed by atoms with E-state index in [2.05, 4.69) is 9.97 Å². The first kappa shape index (κ1) is 17.2. The number of hydrogen-bond donors (Lipinski definition) is 1. The van der Waals surface area contributed by atoms with Gasteiger partial charge in [0.05, 0.1) is 10.3 Å². The van der Waals surface area contributed by atoms with Gasteiger partial charge < -0.3 is 4.98 Å². The van der Waals surface area contributed by atoms with E-state index in [0.29, 0.717) is 16.0 Å². The molecule has 7 heteroatoms. The van der Waals surface area contributed by atoms with Gasteiger partial charge in [0, 0.05) is 15.8 Å². The van der Waals surface area contributed by atoms with Gasteiger partial charge in [0.1, 0.15) is 16.5 Å². The van der Waals surface area contributed by atoms with Crippen molar-refractivity contribution in [2.24, 2.45) is 0 Å². The van der Waals surface area contributed by atoms with E-state index in [9.17, 15) is 9.18 Å². The minimum Gasteiger partial charge on any atom is -0.305 e. The second kappa shape index (κ2) is 7.19. The molecule has 3 aromatic heterocycles. The predicted octanol–water partition coefficient (Wildman–Crippen LogP) is 5.71. The lowest BCUT2D eigenvalue weighted by atomic mass is 10.2. The van der Waals surface area contributed by atoms with Gasteiger partial charge in [0.25, 0.3) is 5.56 Å². The Labute approximate surface area is 161 Å². The molecule has 0 saturated heterocycles. The predicted molar refractivity (Wildman–Crippen MR) is 111 cm³/mol. The number of H-pyrrole nitrogens is 1. The summed E-state index contributed by atoms with van der Waals surface area (Å²) in [5.74, 6) is 0.203. The largest absolute Gasteiger partial charge is 0.305 e. The third-order valence-electron chi connectivity index (χ3n) is 3.83. The number of rotatable bonds is 4. The Morgan fingerprint density at radius 3 is 2.88 bits per heavy atom. The summed E-state index contributed by atoms with van der Waals surface area (Å²) in [6, 6.07) is 10.3. The molecule has 0 atom stereocenters. The number of halogens is 1. The molecule has 0 bridgehead atoms. The Hall–Kier alpha value is -2.22. The molecule has 0 radical (unpaired) electrons. The molecule has 26 heavy (non-hydrogen) atoms. The molecule has 0 aliphatic heterocycles. The quantitative estimate of drug-likeness (QED) is 0.477. The van der Waals surface area contributed by atoms with Crippen molar-refractivity contribution in [3.8, 4) is 10.4 Å². The van der Waals surface area contributed by atoms with Crippen LogP contribution in [0.2, 0.25) is 0 Å². The van der Waals surface area contributed by atoms with Crippen molar-refractivity contribution < 1.29 is 4.39 Å². The topological polar surface area (TPSA) is 45.8 Å². The second-order valence-corrected chi connectivity index (χ2v) is 8.14. The van der Waals surface area contributed by atoms with Crippen molar-refractivity contribution in [3.05, 3.63) is 74.7 Å². The van der Waals surface area contributed by atoms with Crippen molar-refractivity contribution in [2.75, 3.05) is 6.26 Å². The SMILES string of the molecule is CS/C(=C\c1cccc(F)c1)c1nc2scc(-c3cccs3)c2c(=O)[nH]1. The summed E-state index contributed by atoms with van der Waals surface area (Å²) in [7, 11) is 0. The zero-order valence-corrected chi connectivity index (χ0v) is 16.1. The summed E-state index contributed by atoms with van der Waals surface area (Å²) < 4.78 is 13.4. The zero-order valence-electron chi connectivity index (χ0n) is 13.7. The highest BCUT2D eigenvalue weighted by Gasteiger charge is 2.15. The third-order valence-corrected chi connectivity index (χ3v) is 6.36. The Kier molecular flexibility index (Phi) is 4.76. The molecule has 0 spiro atoms. The fourth-order valence-corrected chi connectivity index (χ4v) is 4.96. The molecule has 1 N–H and O–H groups in total. The van der Waals surface area contributed by atoms with Crippen LogP contribution < -0.4 is 5.56 Å². The zero-order chi connectivity index (χ0) is 18.1. The van der Waals surface area contributed by atoms with Crippen LogP contribution >= 0.6 is 34.4 Å². The summed E-state index contributed by atoms with van der Waals surface area (Å²) in [5.41, 5.74) is 1.48. The molecular weight excluding hydrogens is 387 g/mol. The van der Waals surface area contributed by atoms with Gasteiger partial charge in [-0.1, -0.05) is 18.2 Å². The first-order valence-corrected chi connectivity index (χ1v) is 10.7. The van der Waals surface area contributed by atoms with Crippen molar-refractivity contribution in [1.29, 1.82) is 0 Å². The van der Waals surface area contributed by atoms with Gasteiger partial charge in [-0.15, -0.1) is 34.4 Å². The van der Waals surface area contributed by atoms with Crippen LogP contribution in [0.25, 0.3) is 31.6 Å². The molecule has 0 amide bonds.